The Bertz CT molecular complexity index is 622. The molecule has 0 spiro atoms. The maximum absolute atomic E-state index is 6.08. The van der Waals surface area contributed by atoms with Gasteiger partial charge in [-0.2, -0.15) is 0 Å². The third kappa shape index (κ3) is 2.51. The highest BCUT2D eigenvalue weighted by molar-refractivity contribution is 6.42. The van der Waals surface area contributed by atoms with E-state index >= 15 is 0 Å². The molecule has 1 aliphatic heterocycles. The highest BCUT2D eigenvalue weighted by Crippen LogP contribution is 2.39. The van der Waals surface area contributed by atoms with E-state index in [1.54, 1.807) is 12.1 Å². The van der Waals surface area contributed by atoms with E-state index in [-0.39, 0.29) is 0 Å². The van der Waals surface area contributed by atoms with E-state index < -0.39 is 0 Å². The SMILES string of the molecule is Nc1onc(C2CCOCC2)c1-c1ccc(Cl)c(Cl)c1. The van der Waals surface area contributed by atoms with Crippen LogP contribution in [0.25, 0.3) is 11.1 Å². The van der Waals surface area contributed by atoms with Crippen molar-refractivity contribution in [3.8, 4) is 11.1 Å². The molecular formula is C14H14Cl2N2O2. The first-order chi connectivity index (χ1) is 9.66. The van der Waals surface area contributed by atoms with Gasteiger partial charge in [0.15, 0.2) is 0 Å². The molecule has 20 heavy (non-hydrogen) atoms. The van der Waals surface area contributed by atoms with Gasteiger partial charge in [0.2, 0.25) is 5.88 Å². The molecule has 1 aromatic heterocycles. The minimum Gasteiger partial charge on any atom is -0.381 e. The van der Waals surface area contributed by atoms with Crippen molar-refractivity contribution < 1.29 is 9.26 Å². The largest absolute Gasteiger partial charge is 0.381 e. The molecule has 0 bridgehead atoms. The second-order valence-electron chi connectivity index (χ2n) is 4.82. The van der Waals surface area contributed by atoms with E-state index in [2.05, 4.69) is 5.16 Å². The molecule has 0 unspecified atom stereocenters. The minimum atomic E-state index is 0.300. The second kappa shape index (κ2) is 5.64. The van der Waals surface area contributed by atoms with Crippen molar-refractivity contribution in [1.29, 1.82) is 0 Å². The molecule has 2 aromatic rings. The number of anilines is 1. The summed E-state index contributed by atoms with van der Waals surface area (Å²) in [5.41, 5.74) is 8.50. The van der Waals surface area contributed by atoms with Crippen LogP contribution in [-0.4, -0.2) is 18.4 Å². The minimum absolute atomic E-state index is 0.300. The zero-order valence-electron chi connectivity index (χ0n) is 10.7. The molecule has 0 amide bonds. The maximum Gasteiger partial charge on any atom is 0.230 e. The Hall–Kier alpha value is -1.23. The van der Waals surface area contributed by atoms with Crippen molar-refractivity contribution in [3.63, 3.8) is 0 Å². The first kappa shape index (κ1) is 13.7. The van der Waals surface area contributed by atoms with Gasteiger partial charge in [0, 0.05) is 19.1 Å². The summed E-state index contributed by atoms with van der Waals surface area (Å²) in [6.07, 6.45) is 1.83. The molecule has 0 radical (unpaired) electrons. The van der Waals surface area contributed by atoms with E-state index in [4.69, 9.17) is 38.2 Å². The highest BCUT2D eigenvalue weighted by Gasteiger charge is 2.25. The summed E-state index contributed by atoms with van der Waals surface area (Å²) in [7, 11) is 0. The lowest BCUT2D eigenvalue weighted by atomic mass is 9.91. The summed E-state index contributed by atoms with van der Waals surface area (Å²) >= 11 is 12.0. The summed E-state index contributed by atoms with van der Waals surface area (Å²) in [6, 6.07) is 5.41. The highest BCUT2D eigenvalue weighted by atomic mass is 35.5. The van der Waals surface area contributed by atoms with Crippen LogP contribution in [0.2, 0.25) is 10.0 Å². The van der Waals surface area contributed by atoms with Gasteiger partial charge in [-0.25, -0.2) is 0 Å². The molecule has 0 aliphatic carbocycles. The zero-order valence-corrected chi connectivity index (χ0v) is 12.2. The molecule has 106 valence electrons. The van der Waals surface area contributed by atoms with Crippen LogP contribution in [0.15, 0.2) is 22.7 Å². The van der Waals surface area contributed by atoms with E-state index in [0.717, 1.165) is 42.9 Å². The van der Waals surface area contributed by atoms with Gasteiger partial charge in [0.25, 0.3) is 0 Å². The van der Waals surface area contributed by atoms with Gasteiger partial charge in [0.1, 0.15) is 0 Å². The fourth-order valence-corrected chi connectivity index (χ4v) is 2.81. The fourth-order valence-electron chi connectivity index (χ4n) is 2.51. The normalized spacial score (nSPS) is 16.5. The van der Waals surface area contributed by atoms with Crippen LogP contribution in [0.1, 0.15) is 24.5 Å². The Kier molecular flexibility index (Phi) is 3.87. The molecule has 4 nitrogen and oxygen atoms in total. The smallest absolute Gasteiger partial charge is 0.230 e. The van der Waals surface area contributed by atoms with Crippen LogP contribution >= 0.6 is 23.2 Å². The number of benzene rings is 1. The van der Waals surface area contributed by atoms with Crippen molar-refractivity contribution in [2.45, 2.75) is 18.8 Å². The lowest BCUT2D eigenvalue weighted by Gasteiger charge is -2.20. The standard InChI is InChI=1S/C14H14Cl2N2O2/c15-10-2-1-9(7-11(10)16)12-13(18-20-14(12)17)8-3-5-19-6-4-8/h1-2,7-8H,3-6,17H2. The second-order valence-corrected chi connectivity index (χ2v) is 5.64. The number of ether oxygens (including phenoxy) is 1. The third-order valence-corrected chi connectivity index (χ3v) is 4.30. The van der Waals surface area contributed by atoms with Crippen molar-refractivity contribution >= 4 is 29.1 Å². The number of nitrogen functional groups attached to an aromatic ring is 1. The molecule has 2 heterocycles. The lowest BCUT2D eigenvalue weighted by Crippen LogP contribution is -2.15. The monoisotopic (exact) mass is 312 g/mol. The van der Waals surface area contributed by atoms with Crippen molar-refractivity contribution in [2.24, 2.45) is 0 Å². The molecule has 2 N–H and O–H groups in total. The average Bonchev–Trinajstić information content (AvgIpc) is 2.85. The predicted molar refractivity (Wildman–Crippen MR) is 79.2 cm³/mol. The zero-order chi connectivity index (χ0) is 14.1. The van der Waals surface area contributed by atoms with Crippen LogP contribution < -0.4 is 5.73 Å². The van der Waals surface area contributed by atoms with Gasteiger partial charge in [-0.05, 0) is 30.5 Å². The van der Waals surface area contributed by atoms with Crippen LogP contribution in [0.5, 0.6) is 0 Å². The van der Waals surface area contributed by atoms with Gasteiger partial charge in [-0.1, -0.05) is 34.4 Å². The predicted octanol–water partition coefficient (Wildman–Crippen LogP) is 4.12. The lowest BCUT2D eigenvalue weighted by molar-refractivity contribution is 0.0839. The van der Waals surface area contributed by atoms with Crippen molar-refractivity contribution in [3.05, 3.63) is 33.9 Å². The summed E-state index contributed by atoms with van der Waals surface area (Å²) < 4.78 is 10.6. The Morgan fingerprint density at radius 2 is 1.90 bits per heavy atom. The summed E-state index contributed by atoms with van der Waals surface area (Å²) in [6.45, 7) is 1.47. The molecule has 1 aromatic carbocycles. The average molecular weight is 313 g/mol. The third-order valence-electron chi connectivity index (χ3n) is 3.56. The van der Waals surface area contributed by atoms with Crippen molar-refractivity contribution in [2.75, 3.05) is 18.9 Å². The molecule has 6 heteroatoms. The van der Waals surface area contributed by atoms with E-state index in [9.17, 15) is 0 Å². The first-order valence-electron chi connectivity index (χ1n) is 6.45. The molecular weight excluding hydrogens is 299 g/mol. The van der Waals surface area contributed by atoms with E-state index in [1.165, 1.54) is 0 Å². The molecule has 1 fully saturated rings. The Morgan fingerprint density at radius 3 is 2.60 bits per heavy atom. The van der Waals surface area contributed by atoms with Gasteiger partial charge in [-0.15, -0.1) is 0 Å². The van der Waals surface area contributed by atoms with Crippen LogP contribution in [0.3, 0.4) is 0 Å². The summed E-state index contributed by atoms with van der Waals surface area (Å²) in [5, 5.41) is 5.14. The summed E-state index contributed by atoms with van der Waals surface area (Å²) in [5.74, 6) is 0.610. The number of hydrogen-bond donors (Lipinski definition) is 1. The van der Waals surface area contributed by atoms with Gasteiger partial charge in [-0.3, -0.25) is 0 Å². The number of nitrogens with two attached hydrogens (primary N) is 1. The Labute approximate surface area is 126 Å². The fraction of sp³-hybridized carbons (Fsp3) is 0.357. The van der Waals surface area contributed by atoms with Crippen LogP contribution in [-0.2, 0) is 4.74 Å². The Morgan fingerprint density at radius 1 is 1.15 bits per heavy atom. The number of rotatable bonds is 2. The van der Waals surface area contributed by atoms with Gasteiger partial charge < -0.3 is 15.0 Å². The number of halogens is 2. The van der Waals surface area contributed by atoms with E-state index in [0.29, 0.717) is 21.8 Å². The number of aromatic nitrogens is 1. The quantitative estimate of drug-likeness (QED) is 0.906. The first-order valence-corrected chi connectivity index (χ1v) is 7.20. The van der Waals surface area contributed by atoms with Gasteiger partial charge >= 0.3 is 0 Å². The maximum atomic E-state index is 6.08. The summed E-state index contributed by atoms with van der Waals surface area (Å²) in [4.78, 5) is 0. The van der Waals surface area contributed by atoms with Crippen molar-refractivity contribution in [1.82, 2.24) is 5.16 Å². The van der Waals surface area contributed by atoms with Crippen LogP contribution in [0.4, 0.5) is 5.88 Å². The topological polar surface area (TPSA) is 61.3 Å². The van der Waals surface area contributed by atoms with Crippen LogP contribution in [0, 0.1) is 0 Å². The molecule has 1 saturated heterocycles. The molecule has 0 saturated carbocycles. The molecule has 1 aliphatic rings. The molecule has 0 atom stereocenters. The Balaban J connectivity index is 2.03. The number of nitrogens with zero attached hydrogens (tertiary/aromatic N) is 1. The number of hydrogen-bond acceptors (Lipinski definition) is 4. The van der Waals surface area contributed by atoms with E-state index in [1.807, 2.05) is 6.07 Å². The molecule has 3 rings (SSSR count). The van der Waals surface area contributed by atoms with Gasteiger partial charge in [0.05, 0.1) is 21.3 Å².